The van der Waals surface area contributed by atoms with Gasteiger partial charge in [-0.1, -0.05) is 68.8 Å². The summed E-state index contributed by atoms with van der Waals surface area (Å²) < 4.78 is 40.9. The topological polar surface area (TPSA) is 12.0 Å². The highest BCUT2D eigenvalue weighted by atomic mass is 35.5. The van der Waals surface area contributed by atoms with Crippen LogP contribution in [0.5, 0.6) is 0 Å². The first-order valence-corrected chi connectivity index (χ1v) is 9.88. The van der Waals surface area contributed by atoms with Gasteiger partial charge in [-0.2, -0.15) is 13.2 Å². The van der Waals surface area contributed by atoms with Crippen LogP contribution in [0.1, 0.15) is 61.4 Å². The van der Waals surface area contributed by atoms with Crippen LogP contribution in [0, 0.1) is 5.92 Å². The number of hydrogen-bond donors (Lipinski definition) is 1. The van der Waals surface area contributed by atoms with Crippen LogP contribution < -0.4 is 5.32 Å². The zero-order valence-electron chi connectivity index (χ0n) is 16.1. The van der Waals surface area contributed by atoms with Crippen LogP contribution in [-0.2, 0) is 11.6 Å². The number of fused-ring (bicyclic) bond motifs is 3. The number of rotatable bonds is 1. The molecular formula is C23H23ClF3N. The fourth-order valence-electron chi connectivity index (χ4n) is 4.44. The lowest BCUT2D eigenvalue weighted by Gasteiger charge is -2.39. The van der Waals surface area contributed by atoms with Crippen LogP contribution in [0.25, 0.3) is 0 Å². The SMILES string of the molecule is CC(C)(C)c1ccc([C@@H]2Nc3c(Cl)ccc(C(F)(F)F)c3[C@H]3C=CC[C@H]32)cc1. The Bertz CT molecular complexity index is 923. The number of anilines is 1. The average molecular weight is 406 g/mol. The van der Waals surface area contributed by atoms with Crippen molar-refractivity contribution in [1.82, 2.24) is 0 Å². The molecule has 0 aromatic heterocycles. The number of alkyl halides is 3. The van der Waals surface area contributed by atoms with E-state index in [-0.39, 0.29) is 28.9 Å². The number of halogens is 4. The molecule has 1 nitrogen and oxygen atoms in total. The third-order valence-corrected chi connectivity index (χ3v) is 6.23. The molecule has 5 heteroatoms. The summed E-state index contributed by atoms with van der Waals surface area (Å²) in [5, 5.41) is 3.68. The van der Waals surface area contributed by atoms with Gasteiger partial charge in [0.05, 0.1) is 22.3 Å². The fraction of sp³-hybridized carbons (Fsp3) is 0.391. The standard InChI is InChI=1S/C23H23ClF3N/c1-22(2,3)14-9-7-13(8-10-14)20-16-6-4-5-15(16)19-17(23(25,26)27)11-12-18(24)21(19)28-20/h4-5,7-12,15-16,20,28H,6H2,1-3H3/t15-,16+,20-/m0/s1. The summed E-state index contributed by atoms with van der Waals surface area (Å²) in [4.78, 5) is 0. The molecule has 1 N–H and O–H groups in total. The average Bonchev–Trinajstić information content (AvgIpc) is 3.09. The summed E-state index contributed by atoms with van der Waals surface area (Å²) in [5.74, 6) is -0.258. The summed E-state index contributed by atoms with van der Waals surface area (Å²) >= 11 is 6.34. The highest BCUT2D eigenvalue weighted by Gasteiger charge is 2.44. The summed E-state index contributed by atoms with van der Waals surface area (Å²) in [6.07, 6.45) is 0.237. The minimum absolute atomic E-state index is 0.0348. The van der Waals surface area contributed by atoms with Gasteiger partial charge in [0.25, 0.3) is 0 Å². The molecule has 2 aliphatic rings. The molecule has 0 saturated heterocycles. The molecule has 148 valence electrons. The Morgan fingerprint density at radius 3 is 2.29 bits per heavy atom. The first kappa shape index (κ1) is 19.4. The molecule has 2 aromatic rings. The molecule has 3 atom stereocenters. The van der Waals surface area contributed by atoms with E-state index < -0.39 is 11.7 Å². The van der Waals surface area contributed by atoms with Crippen LogP contribution in [0.15, 0.2) is 48.6 Å². The van der Waals surface area contributed by atoms with Crippen LogP contribution in [0.2, 0.25) is 5.02 Å². The molecular weight excluding hydrogens is 383 g/mol. The molecule has 0 unspecified atom stereocenters. The van der Waals surface area contributed by atoms with Crippen molar-refractivity contribution < 1.29 is 13.2 Å². The maximum absolute atomic E-state index is 13.6. The Morgan fingerprint density at radius 1 is 1.00 bits per heavy atom. The molecule has 1 aliphatic carbocycles. The Balaban J connectivity index is 1.79. The Labute approximate surface area is 168 Å². The van der Waals surface area contributed by atoms with Crippen LogP contribution in [0.4, 0.5) is 18.9 Å². The first-order valence-electron chi connectivity index (χ1n) is 9.50. The molecule has 0 amide bonds. The monoisotopic (exact) mass is 405 g/mol. The smallest absolute Gasteiger partial charge is 0.376 e. The zero-order valence-corrected chi connectivity index (χ0v) is 16.8. The lowest BCUT2D eigenvalue weighted by molar-refractivity contribution is -0.138. The third-order valence-electron chi connectivity index (χ3n) is 5.91. The van der Waals surface area contributed by atoms with Gasteiger partial charge >= 0.3 is 6.18 Å². The maximum atomic E-state index is 13.6. The van der Waals surface area contributed by atoms with E-state index in [0.717, 1.165) is 18.1 Å². The Hall–Kier alpha value is -1.94. The van der Waals surface area contributed by atoms with E-state index in [2.05, 4.69) is 50.4 Å². The molecule has 0 spiro atoms. The van der Waals surface area contributed by atoms with Crippen molar-refractivity contribution >= 4 is 17.3 Å². The molecule has 0 saturated carbocycles. The van der Waals surface area contributed by atoms with Gasteiger partial charge in [-0.25, -0.2) is 0 Å². The van der Waals surface area contributed by atoms with Gasteiger partial charge in [-0.3, -0.25) is 0 Å². The highest BCUT2D eigenvalue weighted by Crippen LogP contribution is 2.54. The van der Waals surface area contributed by atoms with Crippen LogP contribution in [-0.4, -0.2) is 0 Å². The highest BCUT2D eigenvalue weighted by molar-refractivity contribution is 6.33. The van der Waals surface area contributed by atoms with Crippen molar-refractivity contribution in [3.63, 3.8) is 0 Å². The van der Waals surface area contributed by atoms with Crippen molar-refractivity contribution in [1.29, 1.82) is 0 Å². The minimum atomic E-state index is -4.40. The largest absolute Gasteiger partial charge is 0.416 e. The maximum Gasteiger partial charge on any atom is 0.416 e. The second-order valence-corrected chi connectivity index (χ2v) is 9.14. The number of nitrogens with one attached hydrogen (secondary N) is 1. The van der Waals surface area contributed by atoms with E-state index in [4.69, 9.17) is 11.6 Å². The van der Waals surface area contributed by atoms with Crippen LogP contribution in [0.3, 0.4) is 0 Å². The molecule has 4 rings (SSSR count). The molecule has 1 aliphatic heterocycles. The summed E-state index contributed by atoms with van der Waals surface area (Å²) in [6.45, 7) is 6.48. The van der Waals surface area contributed by atoms with Crippen molar-refractivity contribution in [2.45, 2.75) is 50.7 Å². The van der Waals surface area contributed by atoms with Crippen molar-refractivity contribution in [2.75, 3.05) is 5.32 Å². The van der Waals surface area contributed by atoms with Gasteiger partial charge in [0.2, 0.25) is 0 Å². The molecule has 1 heterocycles. The van der Waals surface area contributed by atoms with E-state index >= 15 is 0 Å². The predicted octanol–water partition coefficient (Wildman–Crippen LogP) is 7.48. The van der Waals surface area contributed by atoms with Crippen molar-refractivity contribution in [3.05, 3.63) is 75.8 Å². The van der Waals surface area contributed by atoms with E-state index in [1.165, 1.54) is 11.6 Å². The van der Waals surface area contributed by atoms with Crippen molar-refractivity contribution in [2.24, 2.45) is 5.92 Å². The molecule has 0 radical (unpaired) electrons. The fourth-order valence-corrected chi connectivity index (χ4v) is 4.66. The summed E-state index contributed by atoms with van der Waals surface area (Å²) in [7, 11) is 0. The lowest BCUT2D eigenvalue weighted by atomic mass is 9.75. The second kappa shape index (κ2) is 6.55. The van der Waals surface area contributed by atoms with Gasteiger partial charge in [0, 0.05) is 5.92 Å². The van der Waals surface area contributed by atoms with Gasteiger partial charge in [0.15, 0.2) is 0 Å². The Kier molecular flexibility index (Phi) is 4.53. The van der Waals surface area contributed by atoms with Gasteiger partial charge in [-0.05, 0) is 46.6 Å². The molecule has 0 bridgehead atoms. The van der Waals surface area contributed by atoms with Crippen molar-refractivity contribution in [3.8, 4) is 0 Å². The van der Waals surface area contributed by atoms with Gasteiger partial charge < -0.3 is 5.32 Å². The molecule has 2 aromatic carbocycles. The van der Waals surface area contributed by atoms with E-state index in [1.807, 2.05) is 12.2 Å². The van der Waals surface area contributed by atoms with E-state index in [0.29, 0.717) is 10.7 Å². The summed E-state index contributed by atoms with van der Waals surface area (Å²) in [6, 6.07) is 10.7. The normalized spacial score (nSPS) is 23.9. The predicted molar refractivity (Wildman–Crippen MR) is 108 cm³/mol. The van der Waals surface area contributed by atoms with E-state index in [1.54, 1.807) is 0 Å². The van der Waals surface area contributed by atoms with Gasteiger partial charge in [-0.15, -0.1) is 0 Å². The minimum Gasteiger partial charge on any atom is -0.376 e. The Morgan fingerprint density at radius 2 is 1.68 bits per heavy atom. The lowest BCUT2D eigenvalue weighted by Crippen LogP contribution is -2.31. The number of hydrogen-bond acceptors (Lipinski definition) is 1. The second-order valence-electron chi connectivity index (χ2n) is 8.73. The molecule has 28 heavy (non-hydrogen) atoms. The quantitative estimate of drug-likeness (QED) is 0.485. The summed E-state index contributed by atoms with van der Waals surface area (Å²) in [5.41, 5.74) is 2.45. The zero-order chi connectivity index (χ0) is 20.3. The first-order chi connectivity index (χ1) is 13.1. The van der Waals surface area contributed by atoms with Crippen LogP contribution >= 0.6 is 11.6 Å². The third kappa shape index (κ3) is 3.22. The molecule has 0 fully saturated rings. The number of allylic oxidation sites excluding steroid dienone is 2. The number of benzene rings is 2. The van der Waals surface area contributed by atoms with E-state index in [9.17, 15) is 13.2 Å². The van der Waals surface area contributed by atoms with Gasteiger partial charge in [0.1, 0.15) is 0 Å².